The Morgan fingerprint density at radius 1 is 1.26 bits per heavy atom. The van der Waals surface area contributed by atoms with E-state index in [4.69, 9.17) is 0 Å². The molecule has 0 spiro atoms. The van der Waals surface area contributed by atoms with Gasteiger partial charge in [0.2, 0.25) is 5.91 Å². The van der Waals surface area contributed by atoms with E-state index in [0.29, 0.717) is 11.8 Å². The average Bonchev–Trinajstić information content (AvgIpc) is 3.10. The molecular formula is C16H21NO2. The molecule has 0 aromatic heterocycles. The second-order valence-electron chi connectivity index (χ2n) is 5.86. The zero-order valence-corrected chi connectivity index (χ0v) is 11.1. The third-order valence-corrected chi connectivity index (χ3v) is 4.51. The highest BCUT2D eigenvalue weighted by Gasteiger charge is 2.39. The van der Waals surface area contributed by atoms with Crippen LogP contribution in [0.3, 0.4) is 0 Å². The van der Waals surface area contributed by atoms with Crippen LogP contribution in [-0.2, 0) is 4.79 Å². The summed E-state index contributed by atoms with van der Waals surface area (Å²) in [4.78, 5) is 12.0. The summed E-state index contributed by atoms with van der Waals surface area (Å²) in [5, 5.41) is 12.7. The Bertz CT molecular complexity index is 445. The zero-order chi connectivity index (χ0) is 13.2. The van der Waals surface area contributed by atoms with Gasteiger partial charge in [-0.15, -0.1) is 0 Å². The first kappa shape index (κ1) is 12.7. The summed E-state index contributed by atoms with van der Waals surface area (Å²) >= 11 is 0. The quantitative estimate of drug-likeness (QED) is 0.869. The van der Waals surface area contributed by atoms with E-state index in [0.717, 1.165) is 32.2 Å². The minimum absolute atomic E-state index is 0.0451. The smallest absolute Gasteiger partial charge is 0.225 e. The summed E-state index contributed by atoms with van der Waals surface area (Å²) in [6, 6.07) is 10.5. The lowest BCUT2D eigenvalue weighted by Gasteiger charge is -2.14. The second-order valence-corrected chi connectivity index (χ2v) is 5.86. The van der Waals surface area contributed by atoms with Crippen LogP contribution in [0.1, 0.15) is 37.2 Å². The van der Waals surface area contributed by atoms with Crippen LogP contribution in [0.4, 0.5) is 0 Å². The first-order valence-electron chi connectivity index (χ1n) is 7.26. The molecule has 1 aromatic carbocycles. The molecule has 3 nitrogen and oxygen atoms in total. The van der Waals surface area contributed by atoms with E-state index < -0.39 is 6.10 Å². The Kier molecular flexibility index (Phi) is 3.56. The van der Waals surface area contributed by atoms with Gasteiger partial charge in [0.05, 0.1) is 12.0 Å². The fourth-order valence-corrected chi connectivity index (χ4v) is 3.19. The largest absolute Gasteiger partial charge is 0.392 e. The fourth-order valence-electron chi connectivity index (χ4n) is 3.19. The average molecular weight is 259 g/mol. The van der Waals surface area contributed by atoms with Gasteiger partial charge in [0.25, 0.3) is 0 Å². The van der Waals surface area contributed by atoms with Crippen LogP contribution in [0, 0.1) is 11.8 Å². The molecule has 0 radical (unpaired) electrons. The van der Waals surface area contributed by atoms with Crippen molar-refractivity contribution < 1.29 is 9.90 Å². The van der Waals surface area contributed by atoms with Crippen molar-refractivity contribution >= 4 is 5.91 Å². The number of amides is 1. The molecule has 3 heteroatoms. The van der Waals surface area contributed by atoms with Crippen molar-refractivity contribution in [2.75, 3.05) is 6.54 Å². The number of aliphatic hydroxyl groups is 1. The van der Waals surface area contributed by atoms with Gasteiger partial charge >= 0.3 is 0 Å². The molecule has 0 bridgehead atoms. The van der Waals surface area contributed by atoms with Gasteiger partial charge in [0.1, 0.15) is 0 Å². The van der Waals surface area contributed by atoms with Crippen LogP contribution < -0.4 is 5.32 Å². The third kappa shape index (κ3) is 2.81. The van der Waals surface area contributed by atoms with Crippen LogP contribution in [0.25, 0.3) is 0 Å². The van der Waals surface area contributed by atoms with Gasteiger partial charge in [-0.2, -0.15) is 0 Å². The van der Waals surface area contributed by atoms with Gasteiger partial charge in [0, 0.05) is 6.54 Å². The van der Waals surface area contributed by atoms with Crippen LogP contribution in [0.2, 0.25) is 0 Å². The van der Waals surface area contributed by atoms with Gasteiger partial charge in [-0.25, -0.2) is 0 Å². The number of hydrogen-bond donors (Lipinski definition) is 2. The number of aliphatic hydroxyl groups excluding tert-OH is 1. The van der Waals surface area contributed by atoms with Crippen molar-refractivity contribution in [1.82, 2.24) is 5.32 Å². The lowest BCUT2D eigenvalue weighted by Crippen LogP contribution is -2.35. The van der Waals surface area contributed by atoms with E-state index >= 15 is 0 Å². The number of carbonyl (C=O) groups is 1. The van der Waals surface area contributed by atoms with Gasteiger partial charge < -0.3 is 10.4 Å². The first-order valence-corrected chi connectivity index (χ1v) is 7.26. The molecule has 2 aliphatic rings. The van der Waals surface area contributed by atoms with Gasteiger partial charge in [-0.3, -0.25) is 4.79 Å². The Morgan fingerprint density at radius 3 is 2.74 bits per heavy atom. The summed E-state index contributed by atoms with van der Waals surface area (Å²) in [5.41, 5.74) is 1.38. The van der Waals surface area contributed by atoms with Gasteiger partial charge in [-0.1, -0.05) is 30.3 Å². The molecule has 0 aliphatic heterocycles. The number of benzene rings is 1. The monoisotopic (exact) mass is 259 g/mol. The molecule has 2 saturated carbocycles. The minimum atomic E-state index is -0.427. The van der Waals surface area contributed by atoms with Crippen molar-refractivity contribution in [3.05, 3.63) is 35.9 Å². The maximum Gasteiger partial charge on any atom is 0.225 e. The molecule has 3 rings (SSSR count). The Morgan fingerprint density at radius 2 is 2.05 bits per heavy atom. The van der Waals surface area contributed by atoms with Crippen molar-refractivity contribution in [2.45, 2.75) is 37.7 Å². The first-order chi connectivity index (χ1) is 9.25. The Balaban J connectivity index is 1.46. The fraction of sp³-hybridized carbons (Fsp3) is 0.562. The van der Waals surface area contributed by atoms with Gasteiger partial charge in [0.15, 0.2) is 0 Å². The predicted molar refractivity (Wildman–Crippen MR) is 73.6 cm³/mol. The molecule has 4 atom stereocenters. The van der Waals surface area contributed by atoms with Gasteiger partial charge in [-0.05, 0) is 43.1 Å². The van der Waals surface area contributed by atoms with Crippen molar-refractivity contribution in [3.63, 3.8) is 0 Å². The van der Waals surface area contributed by atoms with E-state index in [1.807, 2.05) is 6.07 Å². The molecule has 2 aliphatic carbocycles. The predicted octanol–water partition coefficient (Wildman–Crippen LogP) is 2.07. The summed E-state index contributed by atoms with van der Waals surface area (Å²) in [6.45, 7) is 0.752. The SMILES string of the molecule is O=C(NCC1CC1c1ccccc1)C1CCCC1O. The normalized spacial score (nSPS) is 33.1. The molecular weight excluding hydrogens is 238 g/mol. The minimum Gasteiger partial charge on any atom is -0.392 e. The molecule has 102 valence electrons. The number of hydrogen-bond acceptors (Lipinski definition) is 2. The van der Waals surface area contributed by atoms with E-state index in [1.54, 1.807) is 0 Å². The Hall–Kier alpha value is -1.35. The van der Waals surface area contributed by atoms with E-state index in [-0.39, 0.29) is 11.8 Å². The van der Waals surface area contributed by atoms with Crippen LogP contribution >= 0.6 is 0 Å². The third-order valence-electron chi connectivity index (χ3n) is 4.51. The van der Waals surface area contributed by atoms with E-state index in [1.165, 1.54) is 5.56 Å². The molecule has 19 heavy (non-hydrogen) atoms. The number of nitrogens with one attached hydrogen (secondary N) is 1. The molecule has 0 heterocycles. The molecule has 2 N–H and O–H groups in total. The number of rotatable bonds is 4. The highest BCUT2D eigenvalue weighted by molar-refractivity contribution is 5.79. The highest BCUT2D eigenvalue weighted by atomic mass is 16.3. The molecule has 4 unspecified atom stereocenters. The molecule has 1 aromatic rings. The second kappa shape index (κ2) is 5.33. The van der Waals surface area contributed by atoms with Crippen molar-refractivity contribution in [1.29, 1.82) is 0 Å². The highest BCUT2D eigenvalue weighted by Crippen LogP contribution is 2.46. The van der Waals surface area contributed by atoms with E-state index in [9.17, 15) is 9.90 Å². The summed E-state index contributed by atoms with van der Waals surface area (Å²) in [6.07, 6.45) is 3.31. The van der Waals surface area contributed by atoms with Crippen LogP contribution in [0.5, 0.6) is 0 Å². The summed E-state index contributed by atoms with van der Waals surface area (Å²) in [7, 11) is 0. The maximum atomic E-state index is 12.0. The van der Waals surface area contributed by atoms with Crippen LogP contribution in [0.15, 0.2) is 30.3 Å². The molecule has 0 saturated heterocycles. The topological polar surface area (TPSA) is 49.3 Å². The standard InChI is InChI=1S/C16H21NO2/c18-15-8-4-7-13(15)16(19)17-10-12-9-14(12)11-5-2-1-3-6-11/h1-3,5-6,12-15,18H,4,7-10H2,(H,17,19). The maximum absolute atomic E-state index is 12.0. The lowest BCUT2D eigenvalue weighted by atomic mass is 10.1. The summed E-state index contributed by atoms with van der Waals surface area (Å²) < 4.78 is 0. The molecule has 2 fully saturated rings. The Labute approximate surface area is 114 Å². The zero-order valence-electron chi connectivity index (χ0n) is 11.1. The number of carbonyl (C=O) groups excluding carboxylic acids is 1. The lowest BCUT2D eigenvalue weighted by molar-refractivity contribution is -0.127. The van der Waals surface area contributed by atoms with Crippen molar-refractivity contribution in [3.8, 4) is 0 Å². The summed E-state index contributed by atoms with van der Waals surface area (Å²) in [5.74, 6) is 1.05. The van der Waals surface area contributed by atoms with Crippen molar-refractivity contribution in [2.24, 2.45) is 11.8 Å². The molecule has 1 amide bonds. The van der Waals surface area contributed by atoms with Crippen LogP contribution in [-0.4, -0.2) is 23.7 Å². The van der Waals surface area contributed by atoms with E-state index in [2.05, 4.69) is 29.6 Å².